The largest absolute Gasteiger partial charge is 0.433 e. The Hall–Kier alpha value is -2.84. The fraction of sp³-hybridized carbons (Fsp3) is 0.312. The topological polar surface area (TPSA) is 136 Å². The van der Waals surface area contributed by atoms with Gasteiger partial charge in [-0.2, -0.15) is 25.9 Å². The van der Waals surface area contributed by atoms with Gasteiger partial charge in [0.15, 0.2) is 5.69 Å². The highest BCUT2D eigenvalue weighted by atomic mass is 35.5. The molecule has 2 aromatic rings. The van der Waals surface area contributed by atoms with Crippen molar-refractivity contribution >= 4 is 27.7 Å². The molecule has 0 saturated heterocycles. The minimum absolute atomic E-state index is 0.109. The van der Waals surface area contributed by atoms with Gasteiger partial charge in [0.25, 0.3) is 11.5 Å². The number of carbonyl (C=O) groups excluding carboxylic acids is 1. The zero-order valence-electron chi connectivity index (χ0n) is 16.3. The van der Waals surface area contributed by atoms with E-state index in [9.17, 15) is 36.0 Å². The van der Waals surface area contributed by atoms with Crippen LogP contribution in [0.15, 0.2) is 33.9 Å². The number of benzene rings is 1. The number of nitrogens with two attached hydrogens (primary N) is 1. The van der Waals surface area contributed by atoms with E-state index in [1.165, 1.54) is 7.05 Å². The molecule has 0 aliphatic rings. The second kappa shape index (κ2) is 8.36. The van der Waals surface area contributed by atoms with Crippen LogP contribution < -0.4 is 21.8 Å². The van der Waals surface area contributed by atoms with Crippen LogP contribution in [0.1, 0.15) is 29.9 Å². The normalized spacial score (nSPS) is 12.4. The molecular formula is C16H17ClF3N5O5S. The molecule has 0 aliphatic carbocycles. The van der Waals surface area contributed by atoms with Crippen molar-refractivity contribution in [3.63, 3.8) is 0 Å². The number of hydrogen-bond acceptors (Lipinski definition) is 6. The third-order valence-electron chi connectivity index (χ3n) is 4.21. The van der Waals surface area contributed by atoms with Crippen molar-refractivity contribution in [2.75, 3.05) is 12.9 Å². The molecule has 0 bridgehead atoms. The van der Waals surface area contributed by atoms with Gasteiger partial charge in [-0.25, -0.2) is 18.8 Å². The van der Waals surface area contributed by atoms with Crippen molar-refractivity contribution in [1.29, 1.82) is 0 Å². The quantitative estimate of drug-likeness (QED) is 0.601. The fourth-order valence-corrected chi connectivity index (χ4v) is 3.61. The summed E-state index contributed by atoms with van der Waals surface area (Å²) in [5.74, 6) is 4.00. The third kappa shape index (κ3) is 4.91. The Bertz CT molecular complexity index is 1250. The van der Waals surface area contributed by atoms with Gasteiger partial charge in [0.1, 0.15) is 0 Å². The maximum atomic E-state index is 12.9. The summed E-state index contributed by atoms with van der Waals surface area (Å²) in [6, 6.07) is 2.64. The van der Waals surface area contributed by atoms with Crippen molar-refractivity contribution in [2.45, 2.75) is 26.1 Å². The molecule has 0 fully saturated rings. The lowest BCUT2D eigenvalue weighted by Gasteiger charge is -2.21. The first kappa shape index (κ1) is 24.4. The molecular weight excluding hydrogens is 467 g/mol. The molecule has 2 rings (SSSR count). The van der Waals surface area contributed by atoms with E-state index in [-0.39, 0.29) is 26.0 Å². The van der Waals surface area contributed by atoms with E-state index in [2.05, 4.69) is 0 Å². The second-order valence-electron chi connectivity index (χ2n) is 6.56. The van der Waals surface area contributed by atoms with E-state index in [1.807, 2.05) is 0 Å². The van der Waals surface area contributed by atoms with Crippen molar-refractivity contribution in [3.05, 3.63) is 61.4 Å². The standard InChI is InChI=1S/C16H17ClF3N5O5S/c1-8(2)23(3)31(29,30)22-14(27)10-6-9(4-5-11(10)17)24-13(26)7-12(16(18,19)20)25(21)15(24)28/h4-8H,21H2,1-3H3,(H,22,27). The summed E-state index contributed by atoms with van der Waals surface area (Å²) in [5.41, 5.74) is -5.39. The Morgan fingerprint density at radius 2 is 1.81 bits per heavy atom. The molecule has 10 nitrogen and oxygen atoms in total. The van der Waals surface area contributed by atoms with Gasteiger partial charge in [0.2, 0.25) is 0 Å². The van der Waals surface area contributed by atoms with Crippen molar-refractivity contribution in [2.24, 2.45) is 0 Å². The Balaban J connectivity index is 2.59. The van der Waals surface area contributed by atoms with Crippen LogP contribution in [0.3, 0.4) is 0 Å². The summed E-state index contributed by atoms with van der Waals surface area (Å²) in [6.07, 6.45) is -5.06. The average molecular weight is 484 g/mol. The maximum absolute atomic E-state index is 12.9. The summed E-state index contributed by atoms with van der Waals surface area (Å²) in [5, 5.41) is -0.239. The number of nitrogen functional groups attached to an aromatic ring is 1. The maximum Gasteiger partial charge on any atom is 0.433 e. The van der Waals surface area contributed by atoms with Gasteiger partial charge in [-0.05, 0) is 32.0 Å². The highest BCUT2D eigenvalue weighted by molar-refractivity contribution is 7.87. The third-order valence-corrected chi connectivity index (χ3v) is 6.16. The fourth-order valence-electron chi connectivity index (χ4n) is 2.36. The highest BCUT2D eigenvalue weighted by Crippen LogP contribution is 2.26. The number of nitrogens with one attached hydrogen (secondary N) is 1. The Morgan fingerprint density at radius 1 is 1.23 bits per heavy atom. The molecule has 0 unspecified atom stereocenters. The predicted octanol–water partition coefficient (Wildman–Crippen LogP) is 0.700. The van der Waals surface area contributed by atoms with Crippen LogP contribution in [0.4, 0.5) is 13.2 Å². The van der Waals surface area contributed by atoms with Crippen LogP contribution >= 0.6 is 11.6 Å². The first-order valence-corrected chi connectivity index (χ1v) is 10.2. The number of alkyl halides is 3. The summed E-state index contributed by atoms with van der Waals surface area (Å²) in [4.78, 5) is 36.9. The molecule has 3 N–H and O–H groups in total. The number of nitrogens with zero attached hydrogens (tertiary/aromatic N) is 3. The molecule has 1 heterocycles. The molecule has 0 atom stereocenters. The van der Waals surface area contributed by atoms with Crippen LogP contribution in [0, 0.1) is 0 Å². The lowest BCUT2D eigenvalue weighted by Crippen LogP contribution is -2.45. The number of aromatic nitrogens is 2. The molecule has 15 heteroatoms. The van der Waals surface area contributed by atoms with Crippen LogP contribution in [-0.2, 0) is 16.4 Å². The average Bonchev–Trinajstić information content (AvgIpc) is 2.63. The van der Waals surface area contributed by atoms with Gasteiger partial charge in [-0.15, -0.1) is 0 Å². The van der Waals surface area contributed by atoms with Crippen molar-refractivity contribution in [1.82, 2.24) is 18.3 Å². The number of amides is 1. The van der Waals surface area contributed by atoms with Crippen LogP contribution in [0.25, 0.3) is 5.69 Å². The van der Waals surface area contributed by atoms with Gasteiger partial charge >= 0.3 is 22.1 Å². The zero-order chi connectivity index (χ0) is 23.9. The smallest absolute Gasteiger partial charge is 0.335 e. The van der Waals surface area contributed by atoms with Gasteiger partial charge in [-0.1, -0.05) is 11.6 Å². The van der Waals surface area contributed by atoms with Crippen molar-refractivity contribution < 1.29 is 26.4 Å². The monoisotopic (exact) mass is 483 g/mol. The molecule has 170 valence electrons. The van der Waals surface area contributed by atoms with E-state index >= 15 is 0 Å². The molecule has 0 spiro atoms. The summed E-state index contributed by atoms with van der Waals surface area (Å²) in [6.45, 7) is 3.12. The van der Waals surface area contributed by atoms with Gasteiger partial charge in [-0.3, -0.25) is 9.59 Å². The summed E-state index contributed by atoms with van der Waals surface area (Å²) in [7, 11) is -3.02. The van der Waals surface area contributed by atoms with E-state index in [0.717, 1.165) is 22.5 Å². The minimum atomic E-state index is -5.06. The zero-order valence-corrected chi connectivity index (χ0v) is 17.8. The Kier molecular flexibility index (Phi) is 6.59. The van der Waals surface area contributed by atoms with Gasteiger partial charge in [0, 0.05) is 19.2 Å². The Labute approximate surface area is 178 Å². The first-order valence-electron chi connectivity index (χ1n) is 8.39. The minimum Gasteiger partial charge on any atom is -0.335 e. The van der Waals surface area contributed by atoms with Crippen LogP contribution in [0.2, 0.25) is 5.02 Å². The van der Waals surface area contributed by atoms with Crippen molar-refractivity contribution in [3.8, 4) is 5.69 Å². The molecule has 0 aliphatic heterocycles. The predicted molar refractivity (Wildman–Crippen MR) is 106 cm³/mol. The SMILES string of the molecule is CC(C)N(C)S(=O)(=O)NC(=O)c1cc(-n2c(=O)cc(C(F)(F)F)n(N)c2=O)ccc1Cl. The molecule has 1 aromatic carbocycles. The number of hydrogen-bond donors (Lipinski definition) is 2. The molecule has 31 heavy (non-hydrogen) atoms. The van der Waals surface area contributed by atoms with E-state index < -0.39 is 50.8 Å². The number of halogens is 4. The lowest BCUT2D eigenvalue weighted by atomic mass is 10.2. The van der Waals surface area contributed by atoms with Gasteiger partial charge < -0.3 is 5.84 Å². The molecule has 1 aromatic heterocycles. The van der Waals surface area contributed by atoms with Crippen LogP contribution in [0.5, 0.6) is 0 Å². The summed E-state index contributed by atoms with van der Waals surface area (Å²) >= 11 is 5.93. The van der Waals surface area contributed by atoms with E-state index in [4.69, 9.17) is 17.4 Å². The highest BCUT2D eigenvalue weighted by Gasteiger charge is 2.36. The first-order chi connectivity index (χ1) is 14.1. The molecule has 0 radical (unpaired) electrons. The second-order valence-corrected chi connectivity index (χ2v) is 8.70. The van der Waals surface area contributed by atoms with E-state index in [0.29, 0.717) is 0 Å². The molecule has 1 amide bonds. The number of carbonyl (C=O) groups is 1. The molecule has 0 saturated carbocycles. The van der Waals surface area contributed by atoms with E-state index in [1.54, 1.807) is 18.6 Å². The lowest BCUT2D eigenvalue weighted by molar-refractivity contribution is -0.143. The summed E-state index contributed by atoms with van der Waals surface area (Å²) < 4.78 is 65.9. The van der Waals surface area contributed by atoms with Gasteiger partial charge in [0.05, 0.1) is 16.3 Å². The number of rotatable bonds is 5. The Morgan fingerprint density at radius 3 is 2.32 bits per heavy atom. The van der Waals surface area contributed by atoms with Crippen LogP contribution in [-0.4, -0.2) is 41.0 Å².